The Morgan fingerprint density at radius 2 is 1.87 bits per heavy atom. The number of carbonyl (C=O) groups excluding carboxylic acids is 1. The molecular weight excluding hydrogens is 378 g/mol. The first-order chi connectivity index (χ1) is 14.4. The van der Waals surface area contributed by atoms with Crippen molar-refractivity contribution < 1.29 is 4.79 Å². The number of fused-ring (bicyclic) bond motifs is 1. The van der Waals surface area contributed by atoms with E-state index in [9.17, 15) is 9.59 Å². The highest BCUT2D eigenvalue weighted by molar-refractivity contribution is 5.98. The van der Waals surface area contributed by atoms with Crippen LogP contribution in [0, 0.1) is 6.92 Å². The highest BCUT2D eigenvalue weighted by atomic mass is 16.1. The van der Waals surface area contributed by atoms with Gasteiger partial charge in [0, 0.05) is 41.5 Å². The molecule has 1 aromatic carbocycles. The average Bonchev–Trinajstić information content (AvgIpc) is 2.74. The second kappa shape index (κ2) is 7.79. The fourth-order valence-electron chi connectivity index (χ4n) is 3.49. The maximum atomic E-state index is 12.8. The van der Waals surface area contributed by atoms with Gasteiger partial charge in [-0.1, -0.05) is 12.1 Å². The van der Waals surface area contributed by atoms with Gasteiger partial charge in [-0.3, -0.25) is 19.0 Å². The van der Waals surface area contributed by atoms with E-state index < -0.39 is 5.91 Å². The highest BCUT2D eigenvalue weighted by Gasteiger charge is 2.16. The molecule has 1 atom stereocenters. The van der Waals surface area contributed by atoms with Crippen molar-refractivity contribution in [2.24, 2.45) is 5.73 Å². The lowest BCUT2D eigenvalue weighted by Crippen LogP contribution is -2.20. The third-order valence-corrected chi connectivity index (χ3v) is 4.93. The molecule has 0 fully saturated rings. The van der Waals surface area contributed by atoms with Crippen LogP contribution in [0.15, 0.2) is 71.9 Å². The number of hydrogen-bond donors (Lipinski definition) is 2. The summed E-state index contributed by atoms with van der Waals surface area (Å²) < 4.78 is 1.55. The molecule has 0 bridgehead atoms. The Hall–Kier alpha value is -4.00. The molecule has 0 aliphatic heterocycles. The van der Waals surface area contributed by atoms with E-state index in [0.717, 1.165) is 16.7 Å². The van der Waals surface area contributed by atoms with E-state index >= 15 is 0 Å². The van der Waals surface area contributed by atoms with Crippen molar-refractivity contribution in [3.8, 4) is 11.3 Å². The number of aryl methyl sites for hydroxylation is 1. The lowest BCUT2D eigenvalue weighted by atomic mass is 10.1. The molecule has 0 spiro atoms. The van der Waals surface area contributed by atoms with Crippen molar-refractivity contribution in [3.05, 3.63) is 94.2 Å². The van der Waals surface area contributed by atoms with Crippen LogP contribution in [0.3, 0.4) is 0 Å². The van der Waals surface area contributed by atoms with Gasteiger partial charge in [-0.15, -0.1) is 0 Å². The summed E-state index contributed by atoms with van der Waals surface area (Å²) in [4.78, 5) is 33.4. The van der Waals surface area contributed by atoms with E-state index in [-0.39, 0.29) is 11.6 Å². The number of nitrogens with zero attached hydrogens (tertiary/aromatic N) is 3. The molecule has 150 valence electrons. The number of amides is 1. The van der Waals surface area contributed by atoms with Gasteiger partial charge in [0.15, 0.2) is 0 Å². The van der Waals surface area contributed by atoms with Gasteiger partial charge in [-0.05, 0) is 49.7 Å². The molecule has 0 saturated carbocycles. The van der Waals surface area contributed by atoms with E-state index in [1.807, 2.05) is 38.1 Å². The third-order valence-electron chi connectivity index (χ3n) is 4.93. The number of nitrogens with two attached hydrogens (primary N) is 1. The summed E-state index contributed by atoms with van der Waals surface area (Å²) in [5.74, 6) is -0.506. The van der Waals surface area contributed by atoms with Gasteiger partial charge in [0.05, 0.1) is 17.3 Å². The summed E-state index contributed by atoms with van der Waals surface area (Å²) in [5, 5.41) is 3.34. The molecule has 4 aromatic rings. The summed E-state index contributed by atoms with van der Waals surface area (Å²) in [7, 11) is 0. The largest absolute Gasteiger partial charge is 0.378 e. The van der Waals surface area contributed by atoms with E-state index in [4.69, 9.17) is 10.7 Å². The van der Waals surface area contributed by atoms with Gasteiger partial charge < -0.3 is 11.1 Å². The van der Waals surface area contributed by atoms with Crippen LogP contribution >= 0.6 is 0 Å². The molecule has 1 unspecified atom stereocenters. The monoisotopic (exact) mass is 399 g/mol. The minimum atomic E-state index is -0.506. The van der Waals surface area contributed by atoms with E-state index in [1.165, 1.54) is 6.07 Å². The Balaban J connectivity index is 1.85. The summed E-state index contributed by atoms with van der Waals surface area (Å²) >= 11 is 0. The van der Waals surface area contributed by atoms with Crippen LogP contribution in [-0.4, -0.2) is 20.3 Å². The van der Waals surface area contributed by atoms with Crippen molar-refractivity contribution in [1.82, 2.24) is 14.4 Å². The summed E-state index contributed by atoms with van der Waals surface area (Å²) in [6.45, 7) is 3.88. The maximum Gasteiger partial charge on any atom is 0.258 e. The number of hydrogen-bond acceptors (Lipinski definition) is 5. The molecule has 3 heterocycles. The molecule has 30 heavy (non-hydrogen) atoms. The number of rotatable bonds is 5. The van der Waals surface area contributed by atoms with Gasteiger partial charge in [0.2, 0.25) is 0 Å². The predicted molar refractivity (Wildman–Crippen MR) is 116 cm³/mol. The zero-order valence-electron chi connectivity index (χ0n) is 16.7. The summed E-state index contributed by atoms with van der Waals surface area (Å²) in [6, 6.07) is 14.0. The normalized spacial score (nSPS) is 11.9. The van der Waals surface area contributed by atoms with Crippen molar-refractivity contribution in [3.63, 3.8) is 0 Å². The zero-order valence-corrected chi connectivity index (χ0v) is 16.7. The lowest BCUT2D eigenvalue weighted by Gasteiger charge is -2.20. The second-order valence-electron chi connectivity index (χ2n) is 7.16. The van der Waals surface area contributed by atoms with Gasteiger partial charge in [-0.25, -0.2) is 4.98 Å². The maximum absolute atomic E-state index is 12.8. The number of anilines is 1. The number of primary amides is 1. The summed E-state index contributed by atoms with van der Waals surface area (Å²) in [6.07, 6.45) is 5.11. The summed E-state index contributed by atoms with van der Waals surface area (Å²) in [5.41, 5.74) is 10.1. The molecule has 1 amide bonds. The van der Waals surface area contributed by atoms with Gasteiger partial charge in [-0.2, -0.15) is 0 Å². The minimum absolute atomic E-state index is 0.165. The molecule has 0 saturated heterocycles. The molecule has 4 rings (SSSR count). The lowest BCUT2D eigenvalue weighted by molar-refractivity contribution is 0.100. The molecule has 7 heteroatoms. The molecule has 0 aliphatic rings. The van der Waals surface area contributed by atoms with E-state index in [1.54, 1.807) is 41.2 Å². The van der Waals surface area contributed by atoms with Crippen molar-refractivity contribution in [2.45, 2.75) is 19.9 Å². The van der Waals surface area contributed by atoms with Gasteiger partial charge >= 0.3 is 0 Å². The third kappa shape index (κ3) is 3.65. The quantitative estimate of drug-likeness (QED) is 0.536. The fourth-order valence-corrected chi connectivity index (χ4v) is 3.49. The number of benzene rings is 1. The standard InChI is InChI=1S/C23H21N5O2/c1-14-11-18(15(2)26-19-6-4-3-5-17(19)22(24)30)23-27-20(12-21(29)28(23)13-14)16-7-9-25-10-8-16/h3-13,15,26H,1-2H3,(H2,24,30). The molecule has 0 radical (unpaired) electrons. The van der Waals surface area contributed by atoms with Crippen LogP contribution in [-0.2, 0) is 0 Å². The van der Waals surface area contributed by atoms with Crippen molar-refractivity contribution in [2.75, 3.05) is 5.32 Å². The molecule has 0 aliphatic carbocycles. The first-order valence-electron chi connectivity index (χ1n) is 9.54. The second-order valence-corrected chi connectivity index (χ2v) is 7.16. The number of aromatic nitrogens is 3. The molecule has 3 aromatic heterocycles. The van der Waals surface area contributed by atoms with Crippen LogP contribution in [0.4, 0.5) is 5.69 Å². The molecular formula is C23H21N5O2. The predicted octanol–water partition coefficient (Wildman–Crippen LogP) is 3.34. The number of para-hydroxylation sites is 1. The Morgan fingerprint density at radius 3 is 2.60 bits per heavy atom. The minimum Gasteiger partial charge on any atom is -0.378 e. The SMILES string of the molecule is Cc1cc(C(C)Nc2ccccc2C(N)=O)c2nc(-c3ccncc3)cc(=O)n2c1. The number of carbonyl (C=O) groups is 1. The van der Waals surface area contributed by atoms with Crippen molar-refractivity contribution in [1.29, 1.82) is 0 Å². The Morgan fingerprint density at radius 1 is 1.13 bits per heavy atom. The topological polar surface area (TPSA) is 102 Å². The van der Waals surface area contributed by atoms with Crippen LogP contribution < -0.4 is 16.6 Å². The van der Waals surface area contributed by atoms with Gasteiger partial charge in [0.1, 0.15) is 5.65 Å². The number of pyridine rings is 2. The Kier molecular flexibility index (Phi) is 5.02. The van der Waals surface area contributed by atoms with Crippen LogP contribution in [0.25, 0.3) is 16.9 Å². The Labute approximate surface area is 173 Å². The average molecular weight is 399 g/mol. The van der Waals surface area contributed by atoms with E-state index in [2.05, 4.69) is 10.3 Å². The molecule has 7 nitrogen and oxygen atoms in total. The smallest absolute Gasteiger partial charge is 0.258 e. The van der Waals surface area contributed by atoms with Gasteiger partial charge in [0.25, 0.3) is 11.5 Å². The van der Waals surface area contributed by atoms with Crippen molar-refractivity contribution >= 4 is 17.2 Å². The fraction of sp³-hybridized carbons (Fsp3) is 0.130. The first kappa shape index (κ1) is 19.3. The highest BCUT2D eigenvalue weighted by Crippen LogP contribution is 2.26. The number of nitrogens with one attached hydrogen (secondary N) is 1. The zero-order chi connectivity index (χ0) is 21.3. The first-order valence-corrected chi connectivity index (χ1v) is 9.54. The van der Waals surface area contributed by atoms with E-state index in [0.29, 0.717) is 22.6 Å². The van der Waals surface area contributed by atoms with Crippen LogP contribution in [0.1, 0.15) is 34.5 Å². The Bertz CT molecular complexity index is 1300. The van der Waals surface area contributed by atoms with Crippen LogP contribution in [0.2, 0.25) is 0 Å². The molecule has 3 N–H and O–H groups in total. The van der Waals surface area contributed by atoms with Crippen LogP contribution in [0.5, 0.6) is 0 Å².